The van der Waals surface area contributed by atoms with Gasteiger partial charge in [-0.15, -0.1) is 6.58 Å². The number of oxazole rings is 1. The Bertz CT molecular complexity index is 721. The molecule has 2 aliphatic carbocycles. The Kier molecular flexibility index (Phi) is 7.24. The molecule has 1 aromatic rings. The van der Waals surface area contributed by atoms with E-state index in [0.29, 0.717) is 13.0 Å². The number of nitrogens with zero attached hydrogens (tertiary/aromatic N) is 1. The van der Waals surface area contributed by atoms with Crippen molar-refractivity contribution in [3.05, 3.63) is 37.1 Å². The summed E-state index contributed by atoms with van der Waals surface area (Å²) in [4.78, 5) is 16.6. The number of esters is 1. The van der Waals surface area contributed by atoms with Crippen LogP contribution in [0, 0.1) is 5.41 Å². The number of rotatable bonds is 8. The first kappa shape index (κ1) is 21.0. The summed E-state index contributed by atoms with van der Waals surface area (Å²) in [6.45, 7) is 6.04. The molecular formula is C21H30N2O4S. The van der Waals surface area contributed by atoms with Crippen molar-refractivity contribution >= 4 is 22.5 Å². The molecule has 1 aromatic heterocycles. The molecule has 154 valence electrons. The van der Waals surface area contributed by atoms with Gasteiger partial charge >= 0.3 is 5.97 Å². The van der Waals surface area contributed by atoms with Crippen LogP contribution in [-0.2, 0) is 20.5 Å². The molecule has 1 heterocycles. The maximum atomic E-state index is 12.8. The van der Waals surface area contributed by atoms with Crippen LogP contribution in [0.1, 0.15) is 64.0 Å². The van der Waals surface area contributed by atoms with Gasteiger partial charge < -0.3 is 9.15 Å². The van der Waals surface area contributed by atoms with Gasteiger partial charge in [0, 0.05) is 6.04 Å². The molecule has 0 spiro atoms. The van der Waals surface area contributed by atoms with E-state index >= 15 is 0 Å². The molecule has 1 N–H and O–H groups in total. The molecule has 2 unspecified atom stereocenters. The second-order valence-electron chi connectivity index (χ2n) is 7.68. The summed E-state index contributed by atoms with van der Waals surface area (Å²) in [6.07, 6.45) is 13.3. The van der Waals surface area contributed by atoms with E-state index in [9.17, 15) is 9.00 Å². The summed E-state index contributed by atoms with van der Waals surface area (Å²) in [5, 5.41) is 0.112. The minimum absolute atomic E-state index is 0.112. The van der Waals surface area contributed by atoms with Crippen LogP contribution in [0.25, 0.3) is 5.57 Å². The summed E-state index contributed by atoms with van der Waals surface area (Å²) in [6, 6.07) is 0.175. The van der Waals surface area contributed by atoms with Crippen LogP contribution in [0.15, 0.2) is 35.8 Å². The Morgan fingerprint density at radius 2 is 2.25 bits per heavy atom. The molecule has 7 heteroatoms. The maximum absolute atomic E-state index is 12.8. The van der Waals surface area contributed by atoms with Crippen LogP contribution in [0.3, 0.4) is 0 Å². The van der Waals surface area contributed by atoms with Crippen LogP contribution in [-0.4, -0.2) is 33.1 Å². The third-order valence-corrected chi connectivity index (χ3v) is 7.50. The Labute approximate surface area is 169 Å². The lowest BCUT2D eigenvalue weighted by molar-refractivity contribution is -0.157. The fraction of sp³-hybridized carbons (Fsp3) is 0.619. The van der Waals surface area contributed by atoms with Crippen LogP contribution in [0.5, 0.6) is 0 Å². The molecule has 1 saturated carbocycles. The highest BCUT2D eigenvalue weighted by Gasteiger charge is 2.42. The van der Waals surface area contributed by atoms with Crippen molar-refractivity contribution in [2.75, 3.05) is 6.61 Å². The lowest BCUT2D eigenvalue weighted by Crippen LogP contribution is -2.44. The minimum Gasteiger partial charge on any atom is -0.466 e. The molecule has 28 heavy (non-hydrogen) atoms. The predicted octanol–water partition coefficient (Wildman–Crippen LogP) is 3.93. The second-order valence-corrected chi connectivity index (χ2v) is 9.18. The van der Waals surface area contributed by atoms with Crippen molar-refractivity contribution in [3.8, 4) is 0 Å². The van der Waals surface area contributed by atoms with Crippen molar-refractivity contribution in [1.82, 2.24) is 9.71 Å². The van der Waals surface area contributed by atoms with Gasteiger partial charge in [0.1, 0.15) is 12.0 Å². The van der Waals surface area contributed by atoms with Gasteiger partial charge in [-0.2, -0.15) is 0 Å². The van der Waals surface area contributed by atoms with Crippen LogP contribution in [0.4, 0.5) is 0 Å². The van der Waals surface area contributed by atoms with Crippen LogP contribution >= 0.6 is 0 Å². The highest BCUT2D eigenvalue weighted by Crippen LogP contribution is 2.41. The highest BCUT2D eigenvalue weighted by atomic mass is 32.2. The first-order valence-electron chi connectivity index (χ1n) is 10.1. The fourth-order valence-corrected chi connectivity index (χ4v) is 5.57. The molecule has 2 atom stereocenters. The number of allylic oxidation sites excluding steroid dienone is 3. The summed E-state index contributed by atoms with van der Waals surface area (Å²) in [5.74, 6) is -0.118. The molecule has 0 radical (unpaired) electrons. The van der Waals surface area contributed by atoms with Gasteiger partial charge in [0.15, 0.2) is 6.39 Å². The van der Waals surface area contributed by atoms with E-state index in [4.69, 9.17) is 9.15 Å². The summed E-state index contributed by atoms with van der Waals surface area (Å²) in [5.41, 5.74) is 1.59. The number of carbonyl (C=O) groups excluding carboxylic acids is 1. The van der Waals surface area contributed by atoms with Gasteiger partial charge in [0.05, 0.1) is 28.3 Å². The first-order valence-corrected chi connectivity index (χ1v) is 11.3. The minimum atomic E-state index is -1.08. The van der Waals surface area contributed by atoms with E-state index in [1.807, 2.05) is 13.0 Å². The normalized spacial score (nSPS) is 29.0. The zero-order valence-corrected chi connectivity index (χ0v) is 17.3. The van der Waals surface area contributed by atoms with Gasteiger partial charge in [0.2, 0.25) is 0 Å². The van der Waals surface area contributed by atoms with Crippen LogP contribution in [0.2, 0.25) is 0 Å². The second kappa shape index (κ2) is 9.65. The molecule has 0 bridgehead atoms. The number of hydrogen-bond donors (Lipinski definition) is 1. The molecule has 0 aliphatic heterocycles. The van der Waals surface area contributed by atoms with Crippen molar-refractivity contribution in [3.63, 3.8) is 0 Å². The number of nitrogens with one attached hydrogen (secondary N) is 1. The molecule has 3 rings (SSSR count). The van der Waals surface area contributed by atoms with E-state index in [1.165, 1.54) is 12.0 Å². The molecule has 6 nitrogen and oxygen atoms in total. The standard InChI is InChI=1S/C21H30N2O4S/c1-3-11-21(20(24)27-4-2)12-9-17(10-13-21)23-28(25)18-7-5-16(6-8-18)19-14-26-15-22-19/h3,5,14-15,17-18,23H,1,4,6-13H2,2H3. The number of carbonyl (C=O) groups is 1. The zero-order chi connectivity index (χ0) is 20.0. The monoisotopic (exact) mass is 406 g/mol. The molecular weight excluding hydrogens is 376 g/mol. The highest BCUT2D eigenvalue weighted by molar-refractivity contribution is 7.83. The smallest absolute Gasteiger partial charge is 0.312 e. The summed E-state index contributed by atoms with van der Waals surface area (Å²) in [7, 11) is -1.08. The Morgan fingerprint density at radius 1 is 1.46 bits per heavy atom. The van der Waals surface area contributed by atoms with Crippen molar-refractivity contribution in [2.24, 2.45) is 5.41 Å². The lowest BCUT2D eigenvalue weighted by atomic mass is 9.70. The van der Waals surface area contributed by atoms with E-state index < -0.39 is 16.4 Å². The predicted molar refractivity (Wildman–Crippen MR) is 110 cm³/mol. The first-order chi connectivity index (χ1) is 13.6. The SMILES string of the molecule is C=CCC1(C(=O)OCC)CCC(NS(=O)C2CC=C(c3cocn3)CC2)CC1. The number of aromatic nitrogens is 1. The lowest BCUT2D eigenvalue weighted by Gasteiger charge is -2.38. The third kappa shape index (κ3) is 4.81. The Hall–Kier alpha value is -1.73. The van der Waals surface area contributed by atoms with Crippen molar-refractivity contribution in [1.29, 1.82) is 0 Å². The maximum Gasteiger partial charge on any atom is 0.312 e. The Morgan fingerprint density at radius 3 is 2.82 bits per heavy atom. The van der Waals surface area contributed by atoms with Gasteiger partial charge in [-0.1, -0.05) is 12.2 Å². The number of ether oxygens (including phenoxy) is 1. The molecule has 0 aromatic carbocycles. The summed E-state index contributed by atoms with van der Waals surface area (Å²) < 4.78 is 26.5. The number of hydrogen-bond acceptors (Lipinski definition) is 5. The summed E-state index contributed by atoms with van der Waals surface area (Å²) >= 11 is 0. The van der Waals surface area contributed by atoms with Gasteiger partial charge in [-0.05, 0) is 63.9 Å². The third-order valence-electron chi connectivity index (χ3n) is 5.90. The fourth-order valence-electron chi connectivity index (χ4n) is 4.21. The molecule has 0 saturated heterocycles. The quantitative estimate of drug-likeness (QED) is 0.522. The average molecular weight is 407 g/mol. The molecule has 1 fully saturated rings. The van der Waals surface area contributed by atoms with Crippen LogP contribution < -0.4 is 4.72 Å². The molecule has 0 amide bonds. The van der Waals surface area contributed by atoms with E-state index in [1.54, 1.807) is 6.26 Å². The topological polar surface area (TPSA) is 81.4 Å². The molecule has 2 aliphatic rings. The van der Waals surface area contributed by atoms with Gasteiger partial charge in [0.25, 0.3) is 0 Å². The largest absolute Gasteiger partial charge is 0.466 e. The van der Waals surface area contributed by atoms with E-state index in [2.05, 4.69) is 22.4 Å². The Balaban J connectivity index is 1.51. The zero-order valence-electron chi connectivity index (χ0n) is 16.5. The average Bonchev–Trinajstić information content (AvgIpc) is 3.25. The van der Waals surface area contributed by atoms with Crippen molar-refractivity contribution in [2.45, 2.75) is 69.6 Å². The van der Waals surface area contributed by atoms with Gasteiger partial charge in [-0.25, -0.2) is 13.9 Å². The van der Waals surface area contributed by atoms with Gasteiger partial charge in [-0.3, -0.25) is 4.79 Å². The van der Waals surface area contributed by atoms with Crippen molar-refractivity contribution < 1.29 is 18.2 Å². The van der Waals surface area contributed by atoms with E-state index in [-0.39, 0.29) is 17.3 Å². The van der Waals surface area contributed by atoms with E-state index in [0.717, 1.165) is 50.6 Å².